The first-order valence-corrected chi connectivity index (χ1v) is 11.1. The highest BCUT2D eigenvalue weighted by molar-refractivity contribution is 7.13. The van der Waals surface area contributed by atoms with Gasteiger partial charge < -0.3 is 14.9 Å². The number of aromatic carboxylic acids is 1. The van der Waals surface area contributed by atoms with E-state index < -0.39 is 34.8 Å². The number of aliphatic hydroxyl groups excluding tert-OH is 1. The topological polar surface area (TPSA) is 134 Å². The average Bonchev–Trinajstić information content (AvgIpc) is 3.31. The van der Waals surface area contributed by atoms with Gasteiger partial charge in [0.1, 0.15) is 4.88 Å². The molecule has 1 aromatic carbocycles. The maximum atomic E-state index is 11.9. The smallest absolute Gasteiger partial charge is 0.345 e. The van der Waals surface area contributed by atoms with Crippen LogP contribution < -0.4 is 0 Å². The van der Waals surface area contributed by atoms with E-state index in [1.165, 1.54) is 6.07 Å². The molecule has 1 saturated carbocycles. The van der Waals surface area contributed by atoms with Crippen molar-refractivity contribution in [3.8, 4) is 6.07 Å². The summed E-state index contributed by atoms with van der Waals surface area (Å²) in [5.41, 5.74) is 0.891. The summed E-state index contributed by atoms with van der Waals surface area (Å²) in [6, 6.07) is 10.5. The third-order valence-corrected chi connectivity index (χ3v) is 6.98. The number of nitro groups is 1. The number of carboxylic acids is 1. The Labute approximate surface area is 190 Å². The van der Waals surface area contributed by atoms with Gasteiger partial charge in [-0.1, -0.05) is 32.9 Å². The summed E-state index contributed by atoms with van der Waals surface area (Å²) in [4.78, 5) is 23.4. The quantitative estimate of drug-likeness (QED) is 0.462. The maximum absolute atomic E-state index is 11.9. The molecule has 4 atom stereocenters. The fourth-order valence-electron chi connectivity index (χ4n) is 4.24. The van der Waals surface area contributed by atoms with Gasteiger partial charge in [-0.05, 0) is 29.5 Å². The lowest BCUT2D eigenvalue weighted by Gasteiger charge is -2.25. The summed E-state index contributed by atoms with van der Waals surface area (Å²) < 4.78 is 5.79. The van der Waals surface area contributed by atoms with Gasteiger partial charge in [-0.3, -0.25) is 10.1 Å². The minimum atomic E-state index is -1.00. The van der Waals surface area contributed by atoms with Crippen molar-refractivity contribution in [2.45, 2.75) is 51.2 Å². The molecule has 0 spiro atoms. The lowest BCUT2D eigenvalue weighted by Crippen LogP contribution is -2.24. The van der Waals surface area contributed by atoms with E-state index >= 15 is 0 Å². The molecule has 8 nitrogen and oxygen atoms in total. The molecule has 0 radical (unpaired) electrons. The maximum Gasteiger partial charge on any atom is 0.345 e. The Balaban J connectivity index is 1.86. The lowest BCUT2D eigenvalue weighted by molar-refractivity contribution is -0.386. The van der Waals surface area contributed by atoms with E-state index in [0.717, 1.165) is 21.8 Å². The Morgan fingerprint density at radius 3 is 2.62 bits per heavy atom. The standard InChI is InChI=1S/C23H26N2O6S/c1-23(2,3)14-4-6-16(18(9-14)25(29)30)21-17(13(10-24)8-19(21)26)12-31-11-15-5-7-20(32-15)22(27)28/h4-7,9,13,17,19,21,26H,8,11-12H2,1-3H3,(H,27,28)/t13-,17?,19+,21?/m0/s1. The first-order valence-electron chi connectivity index (χ1n) is 10.3. The minimum absolute atomic E-state index is 0.0607. The van der Waals surface area contributed by atoms with Crippen LogP contribution in [0.25, 0.3) is 0 Å². The molecule has 3 rings (SSSR count). The number of nitrogens with zero attached hydrogens (tertiary/aromatic N) is 2. The monoisotopic (exact) mass is 458 g/mol. The Morgan fingerprint density at radius 1 is 1.34 bits per heavy atom. The van der Waals surface area contributed by atoms with Gasteiger partial charge in [0, 0.05) is 28.3 Å². The zero-order chi connectivity index (χ0) is 23.6. The fraction of sp³-hybridized carbons (Fsp3) is 0.478. The van der Waals surface area contributed by atoms with Crippen LogP contribution in [0.4, 0.5) is 5.69 Å². The van der Waals surface area contributed by atoms with Gasteiger partial charge in [-0.25, -0.2) is 4.79 Å². The number of rotatable bonds is 7. The highest BCUT2D eigenvalue weighted by Gasteiger charge is 2.46. The number of carboxylic acid groups (broad SMARTS) is 1. The molecular formula is C23H26N2O6S. The van der Waals surface area contributed by atoms with Gasteiger partial charge in [-0.2, -0.15) is 5.26 Å². The normalized spacial score (nSPS) is 23.1. The first kappa shape index (κ1) is 23.9. The van der Waals surface area contributed by atoms with Crippen molar-refractivity contribution in [2.75, 3.05) is 6.61 Å². The third kappa shape index (κ3) is 4.99. The number of nitriles is 1. The van der Waals surface area contributed by atoms with Crippen molar-refractivity contribution in [3.05, 3.63) is 61.3 Å². The molecule has 0 saturated heterocycles. The van der Waals surface area contributed by atoms with Crippen molar-refractivity contribution < 1.29 is 24.7 Å². The Hall–Kier alpha value is -2.80. The largest absolute Gasteiger partial charge is 0.477 e. The number of hydrogen-bond donors (Lipinski definition) is 2. The molecule has 0 amide bonds. The van der Waals surface area contributed by atoms with Crippen LogP contribution in [-0.2, 0) is 16.8 Å². The third-order valence-electron chi connectivity index (χ3n) is 5.93. The molecule has 2 aromatic rings. The molecule has 1 aromatic heterocycles. The highest BCUT2D eigenvalue weighted by Crippen LogP contribution is 2.47. The molecule has 170 valence electrons. The minimum Gasteiger partial charge on any atom is -0.477 e. The number of benzene rings is 1. The number of ether oxygens (including phenoxy) is 1. The van der Waals surface area contributed by atoms with Gasteiger partial charge in [0.05, 0.1) is 36.2 Å². The van der Waals surface area contributed by atoms with E-state index in [1.807, 2.05) is 26.8 Å². The highest BCUT2D eigenvalue weighted by atomic mass is 32.1. The Kier molecular flexibility index (Phi) is 6.98. The molecular weight excluding hydrogens is 432 g/mol. The van der Waals surface area contributed by atoms with Gasteiger partial charge in [0.15, 0.2) is 0 Å². The van der Waals surface area contributed by atoms with Crippen molar-refractivity contribution >= 4 is 23.0 Å². The zero-order valence-electron chi connectivity index (χ0n) is 18.1. The number of aliphatic hydroxyl groups is 1. The van der Waals surface area contributed by atoms with Gasteiger partial charge in [0.2, 0.25) is 0 Å². The number of hydrogen-bond acceptors (Lipinski definition) is 7. The number of carbonyl (C=O) groups is 1. The van der Waals surface area contributed by atoms with E-state index in [4.69, 9.17) is 9.84 Å². The fourth-order valence-corrected chi connectivity index (χ4v) is 5.02. The van der Waals surface area contributed by atoms with E-state index in [-0.39, 0.29) is 35.6 Å². The average molecular weight is 459 g/mol. The molecule has 9 heteroatoms. The van der Waals surface area contributed by atoms with Crippen LogP contribution in [-0.4, -0.2) is 33.8 Å². The number of nitro benzene ring substituents is 1. The molecule has 1 aliphatic carbocycles. The molecule has 2 unspecified atom stereocenters. The van der Waals surface area contributed by atoms with Crippen LogP contribution in [0.1, 0.15) is 58.8 Å². The molecule has 32 heavy (non-hydrogen) atoms. The molecule has 1 aliphatic rings. The van der Waals surface area contributed by atoms with E-state index in [1.54, 1.807) is 18.2 Å². The Morgan fingerprint density at radius 2 is 2.06 bits per heavy atom. The summed E-state index contributed by atoms with van der Waals surface area (Å²) in [5.74, 6) is -2.54. The lowest BCUT2D eigenvalue weighted by atomic mass is 9.81. The van der Waals surface area contributed by atoms with Gasteiger partial charge >= 0.3 is 5.97 Å². The van der Waals surface area contributed by atoms with Gasteiger partial charge in [0.25, 0.3) is 5.69 Å². The van der Waals surface area contributed by atoms with E-state index in [2.05, 4.69) is 6.07 Å². The summed E-state index contributed by atoms with van der Waals surface area (Å²) in [7, 11) is 0. The second kappa shape index (κ2) is 9.36. The first-order chi connectivity index (χ1) is 15.0. The van der Waals surface area contributed by atoms with E-state index in [0.29, 0.717) is 5.56 Å². The second-order valence-corrected chi connectivity index (χ2v) is 10.3. The van der Waals surface area contributed by atoms with Crippen LogP contribution in [0.2, 0.25) is 0 Å². The predicted molar refractivity (Wildman–Crippen MR) is 119 cm³/mol. The van der Waals surface area contributed by atoms with Crippen LogP contribution in [0.15, 0.2) is 30.3 Å². The summed E-state index contributed by atoms with van der Waals surface area (Å²) >= 11 is 1.11. The summed E-state index contributed by atoms with van der Waals surface area (Å²) in [5, 5.41) is 41.3. The summed E-state index contributed by atoms with van der Waals surface area (Å²) in [6.07, 6.45) is -0.678. The Bertz CT molecular complexity index is 1050. The van der Waals surface area contributed by atoms with Crippen LogP contribution in [0.5, 0.6) is 0 Å². The van der Waals surface area contributed by atoms with Crippen molar-refractivity contribution in [2.24, 2.45) is 11.8 Å². The van der Waals surface area contributed by atoms with Crippen LogP contribution >= 0.6 is 11.3 Å². The second-order valence-electron chi connectivity index (χ2n) is 9.10. The SMILES string of the molecule is CC(C)(C)c1ccc(C2C(COCc3ccc(C(=O)O)s3)[C@H](C#N)C[C@H]2O)c([N+](=O)[O-])c1. The van der Waals surface area contributed by atoms with E-state index in [9.17, 15) is 25.3 Å². The van der Waals surface area contributed by atoms with Crippen molar-refractivity contribution in [3.63, 3.8) is 0 Å². The molecule has 0 bridgehead atoms. The molecule has 0 aliphatic heterocycles. The predicted octanol–water partition coefficient (Wildman–Crippen LogP) is 4.47. The van der Waals surface area contributed by atoms with Crippen molar-refractivity contribution in [1.82, 2.24) is 0 Å². The van der Waals surface area contributed by atoms with Crippen molar-refractivity contribution in [1.29, 1.82) is 5.26 Å². The zero-order valence-corrected chi connectivity index (χ0v) is 19.0. The van der Waals surface area contributed by atoms with Crippen LogP contribution in [0, 0.1) is 33.3 Å². The van der Waals surface area contributed by atoms with Crippen LogP contribution in [0.3, 0.4) is 0 Å². The molecule has 1 heterocycles. The summed E-state index contributed by atoms with van der Waals surface area (Å²) in [6.45, 7) is 6.20. The molecule has 2 N–H and O–H groups in total. The molecule has 1 fully saturated rings. The van der Waals surface area contributed by atoms with Gasteiger partial charge in [-0.15, -0.1) is 11.3 Å². The number of thiophene rings is 1.